The van der Waals surface area contributed by atoms with Crippen molar-refractivity contribution in [3.05, 3.63) is 21.7 Å². The smallest absolute Gasteiger partial charge is 0.0481 e. The number of nitrogens with one attached hydrogen (secondary N) is 1. The molecule has 68 valence electrons. The molecule has 0 aliphatic carbocycles. The van der Waals surface area contributed by atoms with Crippen LogP contribution in [0, 0.1) is 11.3 Å². The summed E-state index contributed by atoms with van der Waals surface area (Å²) in [7, 11) is 0. The maximum Gasteiger partial charge on any atom is 0.0481 e. The molecule has 1 nitrogen and oxygen atoms in total. The SMILES string of the molecule is C/C=C(Cl)\C=C(\Br)C(=N)C(C)C. The van der Waals surface area contributed by atoms with Crippen molar-refractivity contribution in [3.63, 3.8) is 0 Å². The molecule has 0 spiro atoms. The highest BCUT2D eigenvalue weighted by molar-refractivity contribution is 9.12. The summed E-state index contributed by atoms with van der Waals surface area (Å²) >= 11 is 9.06. The Labute approximate surface area is 87.1 Å². The first-order valence-electron chi connectivity index (χ1n) is 3.76. The average Bonchev–Trinajstić information content (AvgIpc) is 2.02. The molecule has 0 radical (unpaired) electrons. The van der Waals surface area contributed by atoms with Crippen molar-refractivity contribution < 1.29 is 0 Å². The highest BCUT2D eigenvalue weighted by Gasteiger charge is 2.05. The quantitative estimate of drug-likeness (QED) is 0.576. The van der Waals surface area contributed by atoms with Crippen molar-refractivity contribution in [2.75, 3.05) is 0 Å². The van der Waals surface area contributed by atoms with Gasteiger partial charge in [0.05, 0.1) is 0 Å². The van der Waals surface area contributed by atoms with Gasteiger partial charge in [0.25, 0.3) is 0 Å². The average molecular weight is 251 g/mol. The van der Waals surface area contributed by atoms with Crippen LogP contribution in [0.2, 0.25) is 0 Å². The van der Waals surface area contributed by atoms with Gasteiger partial charge in [-0.25, -0.2) is 0 Å². The maximum atomic E-state index is 7.62. The summed E-state index contributed by atoms with van der Waals surface area (Å²) in [6.45, 7) is 5.81. The van der Waals surface area contributed by atoms with Crippen molar-refractivity contribution in [2.24, 2.45) is 5.92 Å². The fraction of sp³-hybridized carbons (Fsp3) is 0.444. The first-order chi connectivity index (χ1) is 5.49. The van der Waals surface area contributed by atoms with Crippen LogP contribution in [0.3, 0.4) is 0 Å². The molecule has 0 aromatic rings. The molecule has 1 N–H and O–H groups in total. The van der Waals surface area contributed by atoms with Gasteiger partial charge in [0.15, 0.2) is 0 Å². The molecule has 0 saturated heterocycles. The maximum absolute atomic E-state index is 7.62. The van der Waals surface area contributed by atoms with Gasteiger partial charge in [-0.2, -0.15) is 0 Å². The van der Waals surface area contributed by atoms with Crippen LogP contribution in [-0.2, 0) is 0 Å². The van der Waals surface area contributed by atoms with Crippen molar-refractivity contribution in [2.45, 2.75) is 20.8 Å². The van der Waals surface area contributed by atoms with Crippen LogP contribution in [-0.4, -0.2) is 5.71 Å². The molecule has 0 atom stereocenters. The van der Waals surface area contributed by atoms with E-state index >= 15 is 0 Å². The largest absolute Gasteiger partial charge is 0.304 e. The molecular weight excluding hydrogens is 237 g/mol. The van der Waals surface area contributed by atoms with E-state index in [-0.39, 0.29) is 5.92 Å². The number of hydrogen-bond acceptors (Lipinski definition) is 1. The second-order valence-electron chi connectivity index (χ2n) is 2.73. The van der Waals surface area contributed by atoms with Gasteiger partial charge < -0.3 is 5.41 Å². The lowest BCUT2D eigenvalue weighted by Gasteiger charge is -2.05. The van der Waals surface area contributed by atoms with Crippen molar-refractivity contribution in [1.29, 1.82) is 5.41 Å². The standard InChI is InChI=1S/C9H13BrClN/c1-4-7(11)5-8(10)9(12)6(2)3/h4-6,12H,1-3H3/b7-4+,8-5+,12-9?. The summed E-state index contributed by atoms with van der Waals surface area (Å²) in [4.78, 5) is 0. The molecule has 0 saturated carbocycles. The first-order valence-corrected chi connectivity index (χ1v) is 4.94. The molecule has 0 unspecified atom stereocenters. The van der Waals surface area contributed by atoms with E-state index in [1.54, 1.807) is 12.2 Å². The van der Waals surface area contributed by atoms with Gasteiger partial charge in [0, 0.05) is 15.2 Å². The van der Waals surface area contributed by atoms with Crippen LogP contribution in [0.15, 0.2) is 21.7 Å². The Balaban J connectivity index is 4.49. The molecule has 0 aromatic carbocycles. The molecule has 0 rings (SSSR count). The minimum absolute atomic E-state index is 0.219. The molecule has 0 amide bonds. The van der Waals surface area contributed by atoms with Crippen LogP contribution < -0.4 is 0 Å². The molecule has 0 heterocycles. The Morgan fingerprint density at radius 2 is 2.00 bits per heavy atom. The summed E-state index contributed by atoms with van der Waals surface area (Å²) < 4.78 is 0.751. The lowest BCUT2D eigenvalue weighted by atomic mass is 10.1. The molecular formula is C9H13BrClN. The summed E-state index contributed by atoms with van der Waals surface area (Å²) in [6.07, 6.45) is 3.53. The highest BCUT2D eigenvalue weighted by Crippen LogP contribution is 2.17. The van der Waals surface area contributed by atoms with Gasteiger partial charge in [0.2, 0.25) is 0 Å². The van der Waals surface area contributed by atoms with Crippen molar-refractivity contribution >= 4 is 33.2 Å². The first kappa shape index (κ1) is 11.9. The van der Waals surface area contributed by atoms with Gasteiger partial charge in [-0.15, -0.1) is 0 Å². The van der Waals surface area contributed by atoms with E-state index in [0.717, 1.165) is 4.48 Å². The van der Waals surface area contributed by atoms with Crippen LogP contribution in [0.5, 0.6) is 0 Å². The lowest BCUT2D eigenvalue weighted by Crippen LogP contribution is -2.05. The third-order valence-electron chi connectivity index (χ3n) is 1.38. The van der Waals surface area contributed by atoms with Crippen molar-refractivity contribution in [1.82, 2.24) is 0 Å². The van der Waals surface area contributed by atoms with E-state index < -0.39 is 0 Å². The van der Waals surface area contributed by atoms with E-state index in [0.29, 0.717) is 10.7 Å². The molecule has 0 bridgehead atoms. The van der Waals surface area contributed by atoms with Crippen LogP contribution >= 0.6 is 27.5 Å². The third-order valence-corrected chi connectivity index (χ3v) is 2.36. The fourth-order valence-electron chi connectivity index (χ4n) is 0.558. The van der Waals surface area contributed by atoms with Gasteiger partial charge in [-0.3, -0.25) is 0 Å². The second-order valence-corrected chi connectivity index (χ2v) is 4.02. The molecule has 0 aromatic heterocycles. The van der Waals surface area contributed by atoms with Crippen LogP contribution in [0.25, 0.3) is 0 Å². The molecule has 12 heavy (non-hydrogen) atoms. The normalized spacial score (nSPS) is 13.8. The van der Waals surface area contributed by atoms with Crippen molar-refractivity contribution in [3.8, 4) is 0 Å². The number of hydrogen-bond donors (Lipinski definition) is 1. The fourth-order valence-corrected chi connectivity index (χ4v) is 1.50. The van der Waals surface area contributed by atoms with Crippen LogP contribution in [0.1, 0.15) is 20.8 Å². The molecule has 0 fully saturated rings. The molecule has 0 aliphatic rings. The van der Waals surface area contributed by atoms with Gasteiger partial charge in [-0.1, -0.05) is 31.5 Å². The van der Waals surface area contributed by atoms with E-state index in [4.69, 9.17) is 17.0 Å². The monoisotopic (exact) mass is 249 g/mol. The van der Waals surface area contributed by atoms with Gasteiger partial charge in [0.1, 0.15) is 0 Å². The Bertz CT molecular complexity index is 229. The number of halogens is 2. The minimum Gasteiger partial charge on any atom is -0.304 e. The van der Waals surface area contributed by atoms with E-state index in [1.165, 1.54) is 0 Å². The zero-order valence-corrected chi connectivity index (χ0v) is 9.83. The Kier molecular flexibility index (Phi) is 5.51. The van der Waals surface area contributed by atoms with E-state index in [2.05, 4.69) is 15.9 Å². The summed E-state index contributed by atoms with van der Waals surface area (Å²) in [5, 5.41) is 8.26. The zero-order chi connectivity index (χ0) is 9.72. The number of allylic oxidation sites excluding steroid dienone is 4. The zero-order valence-electron chi connectivity index (χ0n) is 7.49. The Morgan fingerprint density at radius 1 is 1.50 bits per heavy atom. The Hall–Kier alpha value is -0.0800. The van der Waals surface area contributed by atoms with E-state index in [9.17, 15) is 0 Å². The van der Waals surface area contributed by atoms with Crippen LogP contribution in [0.4, 0.5) is 0 Å². The summed E-state index contributed by atoms with van der Waals surface area (Å²) in [5.41, 5.74) is 0.565. The second kappa shape index (κ2) is 5.55. The van der Waals surface area contributed by atoms with Gasteiger partial charge in [-0.05, 0) is 34.8 Å². The number of rotatable bonds is 3. The lowest BCUT2D eigenvalue weighted by molar-refractivity contribution is 0.881. The molecule has 3 heteroatoms. The third kappa shape index (κ3) is 4.07. The topological polar surface area (TPSA) is 23.9 Å². The summed E-state index contributed by atoms with van der Waals surface area (Å²) in [6, 6.07) is 0. The van der Waals surface area contributed by atoms with E-state index in [1.807, 2.05) is 20.8 Å². The minimum atomic E-state index is 0.219. The molecule has 0 aliphatic heterocycles. The highest BCUT2D eigenvalue weighted by atomic mass is 79.9. The predicted octanol–water partition coefficient (Wildman–Crippen LogP) is 4.08. The Morgan fingerprint density at radius 3 is 2.33 bits per heavy atom. The van der Waals surface area contributed by atoms with Gasteiger partial charge >= 0.3 is 0 Å². The predicted molar refractivity (Wildman–Crippen MR) is 59.2 cm³/mol. The summed E-state index contributed by atoms with van der Waals surface area (Å²) in [5.74, 6) is 0.219.